The van der Waals surface area contributed by atoms with E-state index in [1.54, 1.807) is 13.0 Å². The molecule has 7 heteroatoms. The minimum absolute atomic E-state index is 0.207. The Morgan fingerprint density at radius 1 is 1.53 bits per heavy atom. The van der Waals surface area contributed by atoms with Gasteiger partial charge in [-0.3, -0.25) is 16.1 Å². The van der Waals surface area contributed by atoms with Crippen LogP contribution in [-0.4, -0.2) is 12.1 Å². The molecule has 0 bridgehead atoms. The number of rotatable bonds is 3. The van der Waals surface area contributed by atoms with Gasteiger partial charge >= 0.3 is 0 Å². The predicted octanol–water partition coefficient (Wildman–Crippen LogP) is 0.839. The van der Waals surface area contributed by atoms with E-state index in [1.165, 1.54) is 19.1 Å². The number of nitrogens with two attached hydrogens (primary N) is 1. The van der Waals surface area contributed by atoms with Crippen molar-refractivity contribution < 1.29 is 14.0 Å². The van der Waals surface area contributed by atoms with Crippen molar-refractivity contribution in [2.75, 3.05) is 5.43 Å². The molecule has 1 aromatic carbocycles. The second kappa shape index (κ2) is 5.25. The highest BCUT2D eigenvalue weighted by atomic mass is 19.1. The number of carbonyl (C=O) groups excluding carboxylic acids is 1. The molecular formula is C12H15FN4O2. The van der Waals surface area contributed by atoms with Gasteiger partial charge < -0.3 is 10.7 Å². The first kappa shape index (κ1) is 13.3. The van der Waals surface area contributed by atoms with Crippen molar-refractivity contribution >= 4 is 17.3 Å². The lowest BCUT2D eigenvalue weighted by Gasteiger charge is -2.09. The van der Waals surface area contributed by atoms with Gasteiger partial charge in [-0.2, -0.15) is 0 Å². The summed E-state index contributed by atoms with van der Waals surface area (Å²) in [5.41, 5.74) is 7.16. The molecule has 0 saturated carbocycles. The molecule has 19 heavy (non-hydrogen) atoms. The molecule has 0 fully saturated rings. The minimum Gasteiger partial charge on any atom is -0.325 e. The van der Waals surface area contributed by atoms with Crippen molar-refractivity contribution in [3.63, 3.8) is 0 Å². The largest absolute Gasteiger partial charge is 0.325 e. The molecule has 1 aliphatic rings. The van der Waals surface area contributed by atoms with Gasteiger partial charge in [-0.05, 0) is 19.1 Å². The summed E-state index contributed by atoms with van der Waals surface area (Å²) in [5.74, 6) is 4.49. The van der Waals surface area contributed by atoms with Gasteiger partial charge in [0.05, 0.1) is 11.4 Å². The van der Waals surface area contributed by atoms with E-state index in [4.69, 9.17) is 10.7 Å². The van der Waals surface area contributed by atoms with Crippen LogP contribution in [0.15, 0.2) is 23.8 Å². The molecule has 0 radical (unpaired) electrons. The highest BCUT2D eigenvalue weighted by Gasteiger charge is 2.25. The maximum Gasteiger partial charge on any atom is 0.219 e. The zero-order chi connectivity index (χ0) is 14.0. The predicted molar refractivity (Wildman–Crippen MR) is 68.6 cm³/mol. The molecule has 0 aromatic heterocycles. The zero-order valence-electron chi connectivity index (χ0n) is 10.6. The van der Waals surface area contributed by atoms with E-state index in [0.717, 1.165) is 5.57 Å². The average molecular weight is 266 g/mol. The molecular weight excluding hydrogens is 251 g/mol. The van der Waals surface area contributed by atoms with Gasteiger partial charge in [0.15, 0.2) is 6.23 Å². The van der Waals surface area contributed by atoms with Crippen LogP contribution in [0.3, 0.4) is 0 Å². The number of carbonyl (C=O) groups is 1. The number of hydrogen-bond acceptors (Lipinski definition) is 5. The molecule has 5 N–H and O–H groups in total. The van der Waals surface area contributed by atoms with Gasteiger partial charge in [-0.25, -0.2) is 9.23 Å². The van der Waals surface area contributed by atoms with Gasteiger partial charge in [-0.15, -0.1) is 0 Å². The Balaban J connectivity index is 2.29. The van der Waals surface area contributed by atoms with Crippen LogP contribution < -0.4 is 22.1 Å². The van der Waals surface area contributed by atoms with Gasteiger partial charge in [-0.1, -0.05) is 6.07 Å². The van der Waals surface area contributed by atoms with Crippen molar-refractivity contribution in [1.82, 2.24) is 10.8 Å². The minimum atomic E-state index is -0.553. The monoisotopic (exact) mass is 266 g/mol. The lowest BCUT2D eigenvalue weighted by molar-refractivity contribution is -0.122. The van der Waals surface area contributed by atoms with Crippen molar-refractivity contribution in [3.8, 4) is 0 Å². The number of nitrogens with one attached hydrogen (secondary N) is 3. The quantitative estimate of drug-likeness (QED) is 0.481. The topological polar surface area (TPSA) is 88.4 Å². The van der Waals surface area contributed by atoms with Gasteiger partial charge in [0.2, 0.25) is 5.91 Å². The van der Waals surface area contributed by atoms with E-state index in [1.807, 2.05) is 0 Å². The van der Waals surface area contributed by atoms with Crippen LogP contribution in [0.5, 0.6) is 0 Å². The first-order valence-electron chi connectivity index (χ1n) is 5.69. The number of nitrogen functional groups attached to an aromatic ring is 1. The third kappa shape index (κ3) is 2.67. The van der Waals surface area contributed by atoms with Crippen LogP contribution in [0, 0.1) is 5.82 Å². The Bertz CT molecular complexity index is 545. The SMILES string of the molecule is CC(=O)NC1ONC(c2ccc(NN)c(F)c2)=C1C. The van der Waals surface area contributed by atoms with Crippen molar-refractivity contribution in [2.24, 2.45) is 5.84 Å². The Labute approximate surface area is 109 Å². The van der Waals surface area contributed by atoms with Crippen LogP contribution in [0.2, 0.25) is 0 Å². The first-order chi connectivity index (χ1) is 9.02. The lowest BCUT2D eigenvalue weighted by atomic mass is 10.1. The summed E-state index contributed by atoms with van der Waals surface area (Å²) in [6.45, 7) is 3.19. The van der Waals surface area contributed by atoms with Crippen LogP contribution in [0.25, 0.3) is 5.70 Å². The van der Waals surface area contributed by atoms with E-state index in [-0.39, 0.29) is 11.6 Å². The standard InChI is InChI=1S/C12H15FN4O2/c1-6-11(17-19-12(6)15-7(2)18)8-3-4-10(16-14)9(13)5-8/h3-5,12,16-17H,14H2,1-2H3,(H,15,18). The second-order valence-corrected chi connectivity index (χ2v) is 4.20. The fourth-order valence-corrected chi connectivity index (χ4v) is 1.81. The Morgan fingerprint density at radius 3 is 2.84 bits per heavy atom. The van der Waals surface area contributed by atoms with E-state index in [9.17, 15) is 9.18 Å². The maximum atomic E-state index is 13.6. The molecule has 1 amide bonds. The Kier molecular flexibility index (Phi) is 3.68. The molecule has 0 spiro atoms. The Hall–Kier alpha value is -2.12. The summed E-state index contributed by atoms with van der Waals surface area (Å²) in [6, 6.07) is 4.56. The van der Waals surface area contributed by atoms with Gasteiger partial charge in [0, 0.05) is 18.1 Å². The van der Waals surface area contributed by atoms with E-state index < -0.39 is 12.0 Å². The summed E-state index contributed by atoms with van der Waals surface area (Å²) in [6.07, 6.45) is -0.553. The van der Waals surface area contributed by atoms with Crippen LogP contribution in [-0.2, 0) is 9.63 Å². The van der Waals surface area contributed by atoms with Crippen LogP contribution in [0.4, 0.5) is 10.1 Å². The first-order valence-corrected chi connectivity index (χ1v) is 5.69. The van der Waals surface area contributed by atoms with E-state index >= 15 is 0 Å². The number of hydrogen-bond donors (Lipinski definition) is 4. The number of benzene rings is 1. The molecule has 1 unspecified atom stereocenters. The van der Waals surface area contributed by atoms with Gasteiger partial charge in [0.25, 0.3) is 0 Å². The molecule has 1 heterocycles. The molecule has 1 aromatic rings. The molecule has 102 valence electrons. The van der Waals surface area contributed by atoms with Crippen LogP contribution in [0.1, 0.15) is 19.4 Å². The number of amides is 1. The summed E-state index contributed by atoms with van der Waals surface area (Å²) in [5, 5.41) is 2.62. The molecule has 2 rings (SSSR count). The molecule has 0 aliphatic carbocycles. The smallest absolute Gasteiger partial charge is 0.219 e. The van der Waals surface area contributed by atoms with Crippen molar-refractivity contribution in [2.45, 2.75) is 20.1 Å². The number of anilines is 1. The molecule has 6 nitrogen and oxygen atoms in total. The Morgan fingerprint density at radius 2 is 2.26 bits per heavy atom. The number of halogens is 1. The van der Waals surface area contributed by atoms with Crippen molar-refractivity contribution in [3.05, 3.63) is 35.2 Å². The highest BCUT2D eigenvalue weighted by Crippen LogP contribution is 2.26. The fourth-order valence-electron chi connectivity index (χ4n) is 1.81. The van der Waals surface area contributed by atoms with Crippen LogP contribution >= 0.6 is 0 Å². The van der Waals surface area contributed by atoms with Gasteiger partial charge in [0.1, 0.15) is 5.82 Å². The van der Waals surface area contributed by atoms with E-state index in [2.05, 4.69) is 16.2 Å². The highest BCUT2D eigenvalue weighted by molar-refractivity contribution is 5.75. The second-order valence-electron chi connectivity index (χ2n) is 4.20. The molecule has 1 atom stereocenters. The number of hydroxylamine groups is 1. The maximum absolute atomic E-state index is 13.6. The van der Waals surface area contributed by atoms with Crippen molar-refractivity contribution in [1.29, 1.82) is 0 Å². The summed E-state index contributed by atoms with van der Waals surface area (Å²) in [7, 11) is 0. The lowest BCUT2D eigenvalue weighted by Crippen LogP contribution is -2.34. The van der Waals surface area contributed by atoms with E-state index in [0.29, 0.717) is 11.3 Å². The number of hydrazine groups is 1. The normalized spacial score (nSPS) is 18.2. The third-order valence-corrected chi connectivity index (χ3v) is 2.81. The average Bonchev–Trinajstić information content (AvgIpc) is 2.70. The molecule has 1 aliphatic heterocycles. The molecule has 0 saturated heterocycles. The zero-order valence-corrected chi connectivity index (χ0v) is 10.6. The fraction of sp³-hybridized carbons (Fsp3) is 0.250. The third-order valence-electron chi connectivity index (χ3n) is 2.81. The summed E-state index contributed by atoms with van der Waals surface area (Å²) in [4.78, 5) is 16.2. The summed E-state index contributed by atoms with van der Waals surface area (Å²) < 4.78 is 13.6. The summed E-state index contributed by atoms with van der Waals surface area (Å²) >= 11 is 0.